The van der Waals surface area contributed by atoms with Gasteiger partial charge in [-0.05, 0) is 42.9 Å². The van der Waals surface area contributed by atoms with E-state index in [-0.39, 0.29) is 56.3 Å². The van der Waals surface area contributed by atoms with Crippen molar-refractivity contribution < 1.29 is 64.4 Å². The molecule has 0 saturated heterocycles. The maximum Gasteiger partial charge on any atom is 1.00 e. The van der Waals surface area contributed by atoms with E-state index in [1.165, 1.54) is 6.07 Å². The van der Waals surface area contributed by atoms with Gasteiger partial charge in [0.05, 0.1) is 4.90 Å². The standard InChI is InChI=1S/C16H26O3S.K/c1-3-5-7-10-14-11-9-13-16(20(17,18)19)15(14)12-8-6-4-2;/h9,11,13H,3-8,10,12H2,1-2H3,(H,17,18,19);/q;+1/p-1. The minimum absolute atomic E-state index is 0. The summed E-state index contributed by atoms with van der Waals surface area (Å²) in [6.07, 6.45) is 7.92. The molecule has 0 fully saturated rings. The van der Waals surface area contributed by atoms with Crippen LogP contribution in [0.2, 0.25) is 0 Å². The Hall–Kier alpha value is 0.766. The molecule has 0 aliphatic heterocycles. The summed E-state index contributed by atoms with van der Waals surface area (Å²) in [6.45, 7) is 4.25. The van der Waals surface area contributed by atoms with Crippen LogP contribution in [-0.2, 0) is 23.0 Å². The molecule has 0 atom stereocenters. The number of aryl methyl sites for hydroxylation is 1. The van der Waals surface area contributed by atoms with Crippen LogP contribution in [0, 0.1) is 0 Å². The van der Waals surface area contributed by atoms with Gasteiger partial charge in [-0.2, -0.15) is 0 Å². The second kappa shape index (κ2) is 11.3. The topological polar surface area (TPSA) is 57.2 Å². The number of benzene rings is 1. The zero-order valence-corrected chi connectivity index (χ0v) is 17.5. The van der Waals surface area contributed by atoms with Crippen LogP contribution in [0.25, 0.3) is 0 Å². The van der Waals surface area contributed by atoms with Gasteiger partial charge in [-0.1, -0.05) is 51.7 Å². The van der Waals surface area contributed by atoms with E-state index < -0.39 is 10.1 Å². The summed E-state index contributed by atoms with van der Waals surface area (Å²) in [6, 6.07) is 5.11. The van der Waals surface area contributed by atoms with Gasteiger partial charge in [0.1, 0.15) is 10.1 Å². The number of rotatable bonds is 9. The SMILES string of the molecule is CCCCCc1cccc(S(=O)(=O)[O-])c1CCCCC.[K+]. The van der Waals surface area contributed by atoms with Gasteiger partial charge in [0.25, 0.3) is 0 Å². The molecule has 1 aromatic carbocycles. The van der Waals surface area contributed by atoms with E-state index in [9.17, 15) is 13.0 Å². The van der Waals surface area contributed by atoms with Gasteiger partial charge in [0, 0.05) is 0 Å². The van der Waals surface area contributed by atoms with Crippen molar-refractivity contribution in [1.82, 2.24) is 0 Å². The molecule has 0 spiro atoms. The summed E-state index contributed by atoms with van der Waals surface area (Å²) in [7, 11) is -4.37. The largest absolute Gasteiger partial charge is 1.00 e. The number of hydrogen-bond acceptors (Lipinski definition) is 3. The van der Waals surface area contributed by atoms with Gasteiger partial charge < -0.3 is 4.55 Å². The summed E-state index contributed by atoms with van der Waals surface area (Å²) in [5, 5.41) is 0. The molecule has 0 unspecified atom stereocenters. The van der Waals surface area contributed by atoms with E-state index in [0.717, 1.165) is 56.1 Å². The van der Waals surface area contributed by atoms with Gasteiger partial charge in [0.15, 0.2) is 0 Å². The van der Waals surface area contributed by atoms with Crippen molar-refractivity contribution in [3.63, 3.8) is 0 Å². The molecule has 0 N–H and O–H groups in total. The Labute approximate surface area is 172 Å². The molecule has 5 heteroatoms. The molecule has 0 radical (unpaired) electrons. The quantitative estimate of drug-likeness (QED) is 0.385. The van der Waals surface area contributed by atoms with E-state index in [4.69, 9.17) is 0 Å². The van der Waals surface area contributed by atoms with E-state index in [2.05, 4.69) is 13.8 Å². The third-order valence-corrected chi connectivity index (χ3v) is 4.50. The molecule has 0 heterocycles. The Morgan fingerprint density at radius 1 is 0.952 bits per heavy atom. The van der Waals surface area contributed by atoms with Crippen molar-refractivity contribution >= 4 is 10.1 Å². The number of unbranched alkanes of at least 4 members (excludes halogenated alkanes) is 4. The van der Waals surface area contributed by atoms with E-state index in [0.29, 0.717) is 6.42 Å². The Morgan fingerprint density at radius 2 is 1.52 bits per heavy atom. The minimum Gasteiger partial charge on any atom is -0.744 e. The first kappa shape index (κ1) is 21.8. The minimum atomic E-state index is -4.37. The predicted molar refractivity (Wildman–Crippen MR) is 80.9 cm³/mol. The van der Waals surface area contributed by atoms with Crippen LogP contribution in [0.1, 0.15) is 63.5 Å². The molecule has 3 nitrogen and oxygen atoms in total. The van der Waals surface area contributed by atoms with Crippen molar-refractivity contribution in [2.24, 2.45) is 0 Å². The Morgan fingerprint density at radius 3 is 2.05 bits per heavy atom. The fourth-order valence-electron chi connectivity index (χ4n) is 2.48. The van der Waals surface area contributed by atoms with Crippen LogP contribution in [0.15, 0.2) is 23.1 Å². The van der Waals surface area contributed by atoms with Crippen LogP contribution in [0.4, 0.5) is 0 Å². The summed E-state index contributed by atoms with van der Waals surface area (Å²) in [5.74, 6) is 0. The molecule has 1 aromatic rings. The van der Waals surface area contributed by atoms with E-state index >= 15 is 0 Å². The van der Waals surface area contributed by atoms with E-state index in [1.807, 2.05) is 6.07 Å². The van der Waals surface area contributed by atoms with Crippen LogP contribution >= 0.6 is 0 Å². The van der Waals surface area contributed by atoms with Crippen molar-refractivity contribution in [3.8, 4) is 0 Å². The summed E-state index contributed by atoms with van der Waals surface area (Å²) < 4.78 is 34.2. The van der Waals surface area contributed by atoms with Crippen molar-refractivity contribution in [1.29, 1.82) is 0 Å². The predicted octanol–water partition coefficient (Wildman–Crippen LogP) is 1.06. The van der Waals surface area contributed by atoms with Crippen molar-refractivity contribution in [2.75, 3.05) is 0 Å². The Kier molecular flexibility index (Phi) is 11.7. The summed E-state index contributed by atoms with van der Waals surface area (Å²) in [5.41, 5.74) is 1.79. The van der Waals surface area contributed by atoms with Gasteiger partial charge in [-0.3, -0.25) is 0 Å². The van der Waals surface area contributed by atoms with Gasteiger partial charge in [0.2, 0.25) is 0 Å². The molecule has 0 aromatic heterocycles. The monoisotopic (exact) mass is 336 g/mol. The molecule has 0 aliphatic rings. The molecule has 0 amide bonds. The van der Waals surface area contributed by atoms with Crippen molar-refractivity contribution in [3.05, 3.63) is 29.3 Å². The fourth-order valence-corrected chi connectivity index (χ4v) is 3.26. The maximum absolute atomic E-state index is 11.4. The summed E-state index contributed by atoms with van der Waals surface area (Å²) >= 11 is 0. The van der Waals surface area contributed by atoms with Crippen LogP contribution in [-0.4, -0.2) is 13.0 Å². The first-order chi connectivity index (χ1) is 9.50. The molecule has 114 valence electrons. The smallest absolute Gasteiger partial charge is 0.744 e. The van der Waals surface area contributed by atoms with Crippen molar-refractivity contribution in [2.45, 2.75) is 70.1 Å². The Bertz CT molecular complexity index is 512. The normalized spacial score (nSPS) is 11.2. The van der Waals surface area contributed by atoms with Crippen LogP contribution in [0.5, 0.6) is 0 Å². The molecular weight excluding hydrogens is 311 g/mol. The van der Waals surface area contributed by atoms with Gasteiger partial charge >= 0.3 is 51.4 Å². The first-order valence-corrected chi connectivity index (χ1v) is 8.98. The third-order valence-electron chi connectivity index (χ3n) is 3.58. The number of hydrogen-bond donors (Lipinski definition) is 0. The molecule has 21 heavy (non-hydrogen) atoms. The second-order valence-electron chi connectivity index (χ2n) is 5.26. The van der Waals surface area contributed by atoms with Crippen LogP contribution in [0.3, 0.4) is 0 Å². The van der Waals surface area contributed by atoms with Gasteiger partial charge in [-0.15, -0.1) is 0 Å². The second-order valence-corrected chi connectivity index (χ2v) is 6.61. The molecule has 1 rings (SSSR count). The van der Waals surface area contributed by atoms with Gasteiger partial charge in [-0.25, -0.2) is 8.42 Å². The van der Waals surface area contributed by atoms with Crippen LogP contribution < -0.4 is 51.4 Å². The molecule has 0 aliphatic carbocycles. The molecule has 0 bridgehead atoms. The first-order valence-electron chi connectivity index (χ1n) is 7.57. The third kappa shape index (κ3) is 7.73. The fraction of sp³-hybridized carbons (Fsp3) is 0.625. The average Bonchev–Trinajstić information content (AvgIpc) is 2.39. The average molecular weight is 337 g/mol. The molecule has 0 saturated carbocycles. The van der Waals surface area contributed by atoms with E-state index in [1.54, 1.807) is 6.07 Å². The maximum atomic E-state index is 11.4. The zero-order valence-electron chi connectivity index (χ0n) is 13.5. The molecular formula is C16H25KO3S. The zero-order chi connectivity index (χ0) is 15.0. The Balaban J connectivity index is 0.00000400. The summed E-state index contributed by atoms with van der Waals surface area (Å²) in [4.78, 5) is -0.0115.